The van der Waals surface area contributed by atoms with E-state index in [1.54, 1.807) is 6.07 Å². The summed E-state index contributed by atoms with van der Waals surface area (Å²) in [4.78, 5) is 33.8. The van der Waals surface area contributed by atoms with E-state index < -0.39 is 16.7 Å². The molecule has 0 aliphatic rings. The summed E-state index contributed by atoms with van der Waals surface area (Å²) in [6.07, 6.45) is 2.51. The van der Waals surface area contributed by atoms with Gasteiger partial charge in [-0.05, 0) is 29.8 Å². The normalized spacial score (nSPS) is 10.5. The van der Waals surface area contributed by atoms with Gasteiger partial charge in [-0.3, -0.25) is 30.6 Å². The number of carbonyl (C=O) groups is 2. The van der Waals surface area contributed by atoms with Gasteiger partial charge in [-0.1, -0.05) is 35.3 Å². The van der Waals surface area contributed by atoms with Crippen LogP contribution in [-0.4, -0.2) is 16.7 Å². The molecule has 0 fully saturated rings. The van der Waals surface area contributed by atoms with Crippen molar-refractivity contribution in [1.82, 2.24) is 10.9 Å². The Morgan fingerprint density at radius 3 is 2.52 bits per heavy atom. The van der Waals surface area contributed by atoms with Gasteiger partial charge in [0.25, 0.3) is 17.5 Å². The molecule has 0 heterocycles. The Morgan fingerprint density at radius 2 is 1.84 bits per heavy atom. The smallest absolute Gasteiger partial charge is 0.268 e. The van der Waals surface area contributed by atoms with Crippen molar-refractivity contribution >= 4 is 46.8 Å². The molecule has 2 amide bonds. The largest absolute Gasteiger partial charge is 0.271 e. The fraction of sp³-hybridized carbons (Fsp3) is 0. The second-order valence-electron chi connectivity index (χ2n) is 4.75. The number of hydrogen-bond acceptors (Lipinski definition) is 4. The van der Waals surface area contributed by atoms with Gasteiger partial charge in [0.05, 0.1) is 15.5 Å². The lowest BCUT2D eigenvalue weighted by atomic mass is 10.2. The van der Waals surface area contributed by atoms with Crippen LogP contribution in [-0.2, 0) is 4.79 Å². The number of rotatable bonds is 4. The van der Waals surface area contributed by atoms with Crippen molar-refractivity contribution in [3.8, 4) is 0 Å². The number of nitrogens with one attached hydrogen (secondary N) is 2. The average Bonchev–Trinajstić information content (AvgIpc) is 2.58. The summed E-state index contributed by atoms with van der Waals surface area (Å²) in [5.41, 5.74) is 4.91. The first-order chi connectivity index (χ1) is 11.9. The van der Waals surface area contributed by atoms with Gasteiger partial charge in [-0.15, -0.1) is 0 Å². The van der Waals surface area contributed by atoms with E-state index in [-0.39, 0.29) is 16.3 Å². The fourth-order valence-corrected chi connectivity index (χ4v) is 2.31. The molecule has 0 aromatic heterocycles. The minimum absolute atomic E-state index is 0.0896. The Balaban J connectivity index is 1.95. The highest BCUT2D eigenvalue weighted by molar-refractivity contribution is 6.36. The maximum absolute atomic E-state index is 11.9. The van der Waals surface area contributed by atoms with Crippen LogP contribution >= 0.6 is 23.2 Å². The van der Waals surface area contributed by atoms with Crippen LogP contribution in [0, 0.1) is 10.1 Å². The first kappa shape index (κ1) is 18.4. The predicted octanol–water partition coefficient (Wildman–Crippen LogP) is 3.38. The third kappa shape index (κ3) is 5.30. The Hall–Kier alpha value is -2.90. The average molecular weight is 380 g/mol. The lowest BCUT2D eigenvalue weighted by Gasteiger charge is -2.07. The molecule has 0 spiro atoms. The van der Waals surface area contributed by atoms with Crippen LogP contribution in [0.3, 0.4) is 0 Å². The van der Waals surface area contributed by atoms with Crippen LogP contribution in [0.5, 0.6) is 0 Å². The Bertz CT molecular complexity index is 868. The van der Waals surface area contributed by atoms with Gasteiger partial charge in [0, 0.05) is 23.2 Å². The molecular formula is C16H11Cl2N3O4. The fourth-order valence-electron chi connectivity index (χ4n) is 1.81. The molecule has 0 bridgehead atoms. The number of hydrogen-bond donors (Lipinski definition) is 2. The molecule has 7 nitrogen and oxygen atoms in total. The van der Waals surface area contributed by atoms with Crippen LogP contribution in [0.1, 0.15) is 15.9 Å². The summed E-state index contributed by atoms with van der Waals surface area (Å²) in [5.74, 6) is -1.23. The standard InChI is InChI=1S/C16H11Cl2N3O4/c17-11-5-6-13(14(18)9-11)16(23)20-19-15(22)7-4-10-2-1-3-12(8-10)21(24)25/h1-9H,(H,19,22)(H,20,23). The van der Waals surface area contributed by atoms with Crippen molar-refractivity contribution < 1.29 is 14.5 Å². The number of hydrazine groups is 1. The molecule has 25 heavy (non-hydrogen) atoms. The molecule has 0 aliphatic heterocycles. The predicted molar refractivity (Wildman–Crippen MR) is 94.2 cm³/mol. The van der Waals surface area contributed by atoms with Crippen LogP contribution in [0.25, 0.3) is 6.08 Å². The molecule has 2 aromatic rings. The maximum atomic E-state index is 11.9. The summed E-state index contributed by atoms with van der Waals surface area (Å²) >= 11 is 11.6. The zero-order valence-electron chi connectivity index (χ0n) is 12.5. The first-order valence-electron chi connectivity index (χ1n) is 6.85. The van der Waals surface area contributed by atoms with Crippen LogP contribution in [0.15, 0.2) is 48.5 Å². The molecule has 9 heteroatoms. The number of benzene rings is 2. The van der Waals surface area contributed by atoms with Crippen molar-refractivity contribution in [1.29, 1.82) is 0 Å². The van der Waals surface area contributed by atoms with Gasteiger partial charge in [0.1, 0.15) is 0 Å². The van der Waals surface area contributed by atoms with Gasteiger partial charge < -0.3 is 0 Å². The molecule has 0 saturated carbocycles. The van der Waals surface area contributed by atoms with Crippen LogP contribution < -0.4 is 10.9 Å². The van der Waals surface area contributed by atoms with Gasteiger partial charge in [0.15, 0.2) is 0 Å². The molecular weight excluding hydrogens is 369 g/mol. The van der Waals surface area contributed by atoms with E-state index in [9.17, 15) is 19.7 Å². The second kappa shape index (κ2) is 8.27. The zero-order valence-corrected chi connectivity index (χ0v) is 14.0. The van der Waals surface area contributed by atoms with E-state index in [0.29, 0.717) is 10.6 Å². The highest BCUT2D eigenvalue weighted by Crippen LogP contribution is 2.20. The Kier molecular flexibility index (Phi) is 6.10. The van der Waals surface area contributed by atoms with Crippen LogP contribution in [0.4, 0.5) is 5.69 Å². The van der Waals surface area contributed by atoms with Gasteiger partial charge in [-0.25, -0.2) is 0 Å². The molecule has 0 radical (unpaired) electrons. The summed E-state index contributed by atoms with van der Waals surface area (Å²) in [5, 5.41) is 11.2. The Morgan fingerprint density at radius 1 is 1.08 bits per heavy atom. The van der Waals surface area contributed by atoms with E-state index in [4.69, 9.17) is 23.2 Å². The summed E-state index contributed by atoms with van der Waals surface area (Å²) in [6, 6.07) is 10.1. The van der Waals surface area contributed by atoms with Crippen molar-refractivity contribution in [2.24, 2.45) is 0 Å². The number of amides is 2. The molecule has 0 unspecified atom stereocenters. The SMILES string of the molecule is O=C(C=Cc1cccc([N+](=O)[O-])c1)NNC(=O)c1ccc(Cl)cc1Cl. The number of halogens is 2. The summed E-state index contributed by atoms with van der Waals surface area (Å²) in [7, 11) is 0. The van der Waals surface area contributed by atoms with Crippen molar-refractivity contribution in [2.75, 3.05) is 0 Å². The van der Waals surface area contributed by atoms with Gasteiger partial charge in [0.2, 0.25) is 0 Å². The van der Waals surface area contributed by atoms with E-state index in [1.165, 1.54) is 42.5 Å². The molecule has 128 valence electrons. The highest BCUT2D eigenvalue weighted by Gasteiger charge is 2.11. The number of nitro benzene ring substituents is 1. The topological polar surface area (TPSA) is 101 Å². The molecule has 0 saturated heterocycles. The monoisotopic (exact) mass is 379 g/mol. The number of nitro groups is 1. The summed E-state index contributed by atoms with van der Waals surface area (Å²) in [6.45, 7) is 0. The lowest BCUT2D eigenvalue weighted by molar-refractivity contribution is -0.384. The number of carbonyl (C=O) groups excluding carboxylic acids is 2. The molecule has 2 aromatic carbocycles. The van der Waals surface area contributed by atoms with Crippen molar-refractivity contribution in [2.45, 2.75) is 0 Å². The maximum Gasteiger partial charge on any atom is 0.271 e. The highest BCUT2D eigenvalue weighted by atomic mass is 35.5. The second-order valence-corrected chi connectivity index (χ2v) is 5.60. The van der Waals surface area contributed by atoms with Crippen LogP contribution in [0.2, 0.25) is 10.0 Å². The molecule has 0 atom stereocenters. The van der Waals surface area contributed by atoms with Crippen molar-refractivity contribution in [3.05, 3.63) is 79.8 Å². The summed E-state index contributed by atoms with van der Waals surface area (Å²) < 4.78 is 0. The minimum atomic E-state index is -0.620. The zero-order chi connectivity index (χ0) is 18.4. The molecule has 2 rings (SSSR count). The van der Waals surface area contributed by atoms with E-state index >= 15 is 0 Å². The Labute approximate surface area is 152 Å². The van der Waals surface area contributed by atoms with Gasteiger partial charge in [-0.2, -0.15) is 0 Å². The number of non-ortho nitro benzene ring substituents is 1. The molecule has 0 aliphatic carbocycles. The van der Waals surface area contributed by atoms with Gasteiger partial charge >= 0.3 is 0 Å². The number of nitrogens with zero attached hydrogens (tertiary/aromatic N) is 1. The third-order valence-corrected chi connectivity index (χ3v) is 3.53. The minimum Gasteiger partial charge on any atom is -0.268 e. The quantitative estimate of drug-likeness (QED) is 0.482. The third-order valence-electron chi connectivity index (χ3n) is 2.98. The molecule has 2 N–H and O–H groups in total. The first-order valence-corrected chi connectivity index (χ1v) is 7.60. The van der Waals surface area contributed by atoms with E-state index in [1.807, 2.05) is 0 Å². The van der Waals surface area contributed by atoms with E-state index in [2.05, 4.69) is 10.9 Å². The lowest BCUT2D eigenvalue weighted by Crippen LogP contribution is -2.40. The van der Waals surface area contributed by atoms with E-state index in [0.717, 1.165) is 6.08 Å². The van der Waals surface area contributed by atoms with Crippen molar-refractivity contribution in [3.63, 3.8) is 0 Å².